The largest absolute Gasteiger partial charge is 0.261 e. The van der Waals surface area contributed by atoms with Crippen LogP contribution in [0.1, 0.15) is 361 Å². The Morgan fingerprint density at radius 3 is 0.942 bits per heavy atom. The first-order valence-electron chi connectivity index (χ1n) is 37.9. The fourth-order valence-corrected chi connectivity index (χ4v) is 9.73. The molecule has 0 amide bonds. The Morgan fingerprint density at radius 2 is 0.728 bits per heavy atom. The number of hydrogen-bond donors (Lipinski definition) is 0. The van der Waals surface area contributed by atoms with E-state index in [2.05, 4.69) is 289 Å². The lowest BCUT2D eigenvalue weighted by molar-refractivity contribution is 0.545. The summed E-state index contributed by atoms with van der Waals surface area (Å²) < 4.78 is 8.26. The molecule has 10 nitrogen and oxygen atoms in total. The van der Waals surface area contributed by atoms with Gasteiger partial charge in [0.15, 0.2) is 0 Å². The van der Waals surface area contributed by atoms with Crippen molar-refractivity contribution in [3.8, 4) is 0 Å². The fourth-order valence-electron chi connectivity index (χ4n) is 6.06. The molecule has 1 aromatic carbocycles. The minimum absolute atomic E-state index is 0.0707. The Morgan fingerprint density at radius 1 is 0.272 bits per heavy atom. The molecule has 0 fully saturated rings. The summed E-state index contributed by atoms with van der Waals surface area (Å²) in [5.74, 6) is 0.898. The predicted octanol–water partition coefficient (Wildman–Crippen LogP) is 30.4. The van der Waals surface area contributed by atoms with Crippen molar-refractivity contribution in [3.63, 3.8) is 0 Å². The molecule has 0 N–H and O–H groups in total. The van der Waals surface area contributed by atoms with Crippen LogP contribution < -0.4 is 0 Å². The molecule has 592 valence electrons. The normalized spacial score (nSPS) is 10.2. The van der Waals surface area contributed by atoms with E-state index in [0.29, 0.717) is 5.41 Å². The summed E-state index contributed by atoms with van der Waals surface area (Å²) >= 11 is 8.13. The Labute approximate surface area is 659 Å². The molecule has 0 radical (unpaired) electrons. The molecule has 0 aliphatic carbocycles. The maximum Gasteiger partial charge on any atom is 0.133 e. The van der Waals surface area contributed by atoms with Crippen LogP contribution >= 0.6 is 57.1 Å². The second kappa shape index (κ2) is 66.1. The summed E-state index contributed by atoms with van der Waals surface area (Å²) in [5.41, 5.74) is 12.9. The van der Waals surface area contributed by atoms with E-state index in [9.17, 15) is 0 Å². The highest BCUT2D eigenvalue weighted by Crippen LogP contribution is 2.27. The lowest BCUT2D eigenvalue weighted by Crippen LogP contribution is -2.14. The van der Waals surface area contributed by atoms with Gasteiger partial charge in [0.25, 0.3) is 0 Å². The zero-order valence-corrected chi connectivity index (χ0v) is 79.0. The molecule has 0 saturated carbocycles. The topological polar surface area (TPSA) is 129 Å². The van der Waals surface area contributed by atoms with Crippen LogP contribution in [0, 0.1) is 0 Å². The van der Waals surface area contributed by atoms with Crippen LogP contribution in [0.15, 0.2) is 149 Å². The average Bonchev–Trinajstić information content (AvgIpc) is 1.35. The van der Waals surface area contributed by atoms with Crippen molar-refractivity contribution in [2.24, 2.45) is 0 Å². The molecule has 0 unspecified atom stereocenters. The molecular formula is C88H160N10S5. The van der Waals surface area contributed by atoms with Crippen LogP contribution in [0.25, 0.3) is 0 Å². The Hall–Kier alpha value is -5.32. The number of nitrogens with zero attached hydrogens (tertiary/aromatic N) is 10. The van der Waals surface area contributed by atoms with Crippen LogP contribution in [0.5, 0.6) is 0 Å². The van der Waals surface area contributed by atoms with Crippen molar-refractivity contribution in [2.45, 2.75) is 360 Å². The highest BCUT2D eigenvalue weighted by molar-refractivity contribution is 7.10. The fraction of sp³-hybridized carbons (Fsp3) is 0.614. The van der Waals surface area contributed by atoms with Gasteiger partial charge in [-0.2, -0.15) is 4.37 Å². The standard InChI is InChI=1S/C10H14.C9H13N.2C8H12N2.5C7H11NS.9C2H6/c1-10(2,3)9-7-5-4-6-8-9;1-9(2,3)8-6-4-5-7-10-8;1-8(2,3)7-6-9-4-5-10-7;1-8(2,3)7-9-5-4-6-10-7;1-7(2,3)6-4-9-5-8-6;1-7(2,3)6-4-8-5-9-6;1-7(2,3)6-4-8-9-5-6;1-7(2,3)6-8-4-5-9-6;1-7(2,3)6-4-5-9-8-6;9*1-2/h4-8H,1-3H3;4-7H,1-3H3;2*4-6H,1-3H3;5*4-5H,1-3H3;9*1-2H3. The van der Waals surface area contributed by atoms with Gasteiger partial charge in [0.05, 0.1) is 33.1 Å². The van der Waals surface area contributed by atoms with Crippen LogP contribution in [-0.4, -0.2) is 48.6 Å². The molecule has 15 heteroatoms. The van der Waals surface area contributed by atoms with Gasteiger partial charge in [-0.3, -0.25) is 19.9 Å². The van der Waals surface area contributed by atoms with E-state index in [-0.39, 0.29) is 43.3 Å². The van der Waals surface area contributed by atoms with E-state index >= 15 is 0 Å². The lowest BCUT2D eigenvalue weighted by Gasteiger charge is -2.18. The van der Waals surface area contributed by atoms with Gasteiger partial charge in [-0.1, -0.05) is 348 Å². The summed E-state index contributed by atoms with van der Waals surface area (Å²) in [4.78, 5) is 34.5. The van der Waals surface area contributed by atoms with Gasteiger partial charge in [0.2, 0.25) is 0 Å². The third-order valence-electron chi connectivity index (χ3n) is 11.6. The van der Waals surface area contributed by atoms with E-state index in [1.54, 1.807) is 65.0 Å². The molecule has 8 heterocycles. The maximum absolute atomic E-state index is 4.25. The highest BCUT2D eigenvalue weighted by atomic mass is 32.1. The van der Waals surface area contributed by atoms with Crippen LogP contribution in [0.3, 0.4) is 0 Å². The number of thiazole rings is 3. The molecule has 0 aliphatic rings. The van der Waals surface area contributed by atoms with Gasteiger partial charge in [0, 0.05) is 120 Å². The zero-order valence-electron chi connectivity index (χ0n) is 74.9. The monoisotopic (exact) mass is 1520 g/mol. The first-order valence-corrected chi connectivity index (χ1v) is 42.3. The first kappa shape index (κ1) is 116. The lowest BCUT2D eigenvalue weighted by atomic mass is 9.87. The number of benzene rings is 1. The smallest absolute Gasteiger partial charge is 0.133 e. The summed E-state index contributed by atoms with van der Waals surface area (Å²) in [6.07, 6.45) is 16.3. The second-order valence-electron chi connectivity index (χ2n) is 29.4. The third kappa shape index (κ3) is 64.8. The summed E-state index contributed by atoms with van der Waals surface area (Å²) in [5, 5.41) is 9.43. The summed E-state index contributed by atoms with van der Waals surface area (Å²) in [7, 11) is 0. The van der Waals surface area contributed by atoms with E-state index in [4.69, 9.17) is 0 Å². The number of hydrogen-bond acceptors (Lipinski definition) is 15. The van der Waals surface area contributed by atoms with Gasteiger partial charge in [-0.05, 0) is 74.7 Å². The highest BCUT2D eigenvalue weighted by Gasteiger charge is 2.20. The van der Waals surface area contributed by atoms with Gasteiger partial charge in [-0.25, -0.2) is 24.3 Å². The number of rotatable bonds is 0. The van der Waals surface area contributed by atoms with E-state index < -0.39 is 0 Å². The van der Waals surface area contributed by atoms with Crippen molar-refractivity contribution >= 4 is 57.1 Å². The predicted molar refractivity (Wildman–Crippen MR) is 476 cm³/mol. The maximum atomic E-state index is 4.25. The van der Waals surface area contributed by atoms with Crippen molar-refractivity contribution in [3.05, 3.63) is 199 Å². The summed E-state index contributed by atoms with van der Waals surface area (Å²) in [6, 6.07) is 20.5. The molecule has 9 aromatic rings. The minimum atomic E-state index is 0.0707. The van der Waals surface area contributed by atoms with Crippen molar-refractivity contribution in [1.82, 2.24) is 48.6 Å². The van der Waals surface area contributed by atoms with Gasteiger partial charge in [-0.15, -0.1) is 34.0 Å². The molecule has 103 heavy (non-hydrogen) atoms. The second-order valence-corrected chi connectivity index (χ2v) is 33.2. The van der Waals surface area contributed by atoms with Crippen LogP contribution in [0.2, 0.25) is 0 Å². The average molecular weight is 1520 g/mol. The van der Waals surface area contributed by atoms with Crippen molar-refractivity contribution in [2.75, 3.05) is 0 Å². The van der Waals surface area contributed by atoms with E-state index in [0.717, 1.165) is 17.2 Å². The van der Waals surface area contributed by atoms with Crippen LogP contribution in [0.4, 0.5) is 0 Å². The van der Waals surface area contributed by atoms with E-state index in [1.165, 1.54) is 55.5 Å². The molecule has 0 bridgehead atoms. The van der Waals surface area contributed by atoms with Crippen LogP contribution in [-0.2, 0) is 48.7 Å². The van der Waals surface area contributed by atoms with E-state index in [1.807, 2.05) is 189 Å². The SMILES string of the molecule is CC.CC.CC.CC.CC.CC.CC.CC.CC.CC(C)(C)c1ccccc1.CC(C)(C)c1ccccn1.CC(C)(C)c1ccsn1.CC(C)(C)c1cnccn1.CC(C)(C)c1cncs1.CC(C)(C)c1cnsc1.CC(C)(C)c1cscn1.CC(C)(C)c1ncccn1.CC(C)(C)c1nccs1. The third-order valence-corrected chi connectivity index (χ3v) is 15.7. The van der Waals surface area contributed by atoms with Gasteiger partial charge < -0.3 is 0 Å². The Bertz CT molecular complexity index is 2520. The van der Waals surface area contributed by atoms with Gasteiger partial charge in [0.1, 0.15) is 5.82 Å². The quantitative estimate of drug-likeness (QED) is 0.145. The Balaban J connectivity index is -0.000000134. The minimum Gasteiger partial charge on any atom is -0.261 e. The number of pyridine rings is 1. The zero-order chi connectivity index (χ0) is 83.0. The molecule has 0 saturated heterocycles. The molecular weight excluding hydrogens is 1360 g/mol. The first-order chi connectivity index (χ1) is 47.9. The molecule has 9 rings (SSSR count). The number of aromatic nitrogens is 10. The molecule has 0 spiro atoms. The summed E-state index contributed by atoms with van der Waals surface area (Å²) in [6.45, 7) is 94.5. The molecule has 0 atom stereocenters. The van der Waals surface area contributed by atoms with Crippen molar-refractivity contribution in [1.29, 1.82) is 0 Å². The van der Waals surface area contributed by atoms with Gasteiger partial charge >= 0.3 is 0 Å². The van der Waals surface area contributed by atoms with Crippen molar-refractivity contribution < 1.29 is 0 Å². The molecule has 8 aromatic heterocycles. The molecule has 0 aliphatic heterocycles. The Kier molecular flexibility index (Phi) is 74.6.